The van der Waals surface area contributed by atoms with Gasteiger partial charge in [0.1, 0.15) is 0 Å². The van der Waals surface area contributed by atoms with E-state index in [9.17, 15) is 13.2 Å². The van der Waals surface area contributed by atoms with Gasteiger partial charge in [0.15, 0.2) is 0 Å². The standard InChI is InChI=1S/C9H18NO4S.Rb/c1-7(2)10(8(3)4)9(11)14-5-6-15(12)13;/h7-8H,5-6H2,1-4H3;/q-1;+1. The van der Waals surface area contributed by atoms with Crippen molar-refractivity contribution in [2.45, 2.75) is 39.8 Å². The van der Waals surface area contributed by atoms with Crippen LogP contribution in [0, 0.1) is 0 Å². The maximum absolute atomic E-state index is 11.5. The predicted octanol–water partition coefficient (Wildman–Crippen LogP) is -1.44. The van der Waals surface area contributed by atoms with Gasteiger partial charge in [-0.25, -0.2) is 4.79 Å². The largest absolute Gasteiger partial charge is 1.00 e. The molecule has 16 heavy (non-hydrogen) atoms. The van der Waals surface area contributed by atoms with Crippen LogP contribution in [-0.2, 0) is 23.9 Å². The summed E-state index contributed by atoms with van der Waals surface area (Å²) in [4.78, 5) is 13.1. The number of hydrogen-bond acceptors (Lipinski definition) is 5. The number of ether oxygens (including phenoxy) is 1. The van der Waals surface area contributed by atoms with Crippen LogP contribution in [-0.4, -0.2) is 35.4 Å². The van der Waals surface area contributed by atoms with Gasteiger partial charge >= 0.3 is 64.3 Å². The maximum atomic E-state index is 11.5. The van der Waals surface area contributed by atoms with Crippen molar-refractivity contribution in [1.29, 1.82) is 0 Å². The van der Waals surface area contributed by atoms with Gasteiger partial charge in [0.2, 0.25) is 0 Å². The van der Waals surface area contributed by atoms with E-state index in [2.05, 4.69) is 0 Å². The molecular formula is C9H18NO4RbS. The van der Waals surface area contributed by atoms with Gasteiger partial charge in [-0.05, 0) is 33.4 Å². The third-order valence-corrected chi connectivity index (χ3v) is 2.30. The quantitative estimate of drug-likeness (QED) is 0.582. The molecule has 0 heterocycles. The van der Waals surface area contributed by atoms with Gasteiger partial charge < -0.3 is 18.1 Å². The van der Waals surface area contributed by atoms with E-state index in [0.29, 0.717) is 0 Å². The van der Waals surface area contributed by atoms with Gasteiger partial charge in [-0.3, -0.25) is 0 Å². The molecule has 5 nitrogen and oxygen atoms in total. The first-order valence-electron chi connectivity index (χ1n) is 4.87. The van der Waals surface area contributed by atoms with E-state index in [1.165, 1.54) is 0 Å². The van der Waals surface area contributed by atoms with Crippen molar-refractivity contribution in [3.63, 3.8) is 0 Å². The van der Waals surface area contributed by atoms with Crippen LogP contribution in [0.5, 0.6) is 0 Å². The Balaban J connectivity index is 0. The predicted molar refractivity (Wildman–Crippen MR) is 57.1 cm³/mol. The molecule has 1 amide bonds. The summed E-state index contributed by atoms with van der Waals surface area (Å²) in [6.45, 7) is 7.44. The fourth-order valence-corrected chi connectivity index (χ4v) is 1.51. The zero-order valence-corrected chi connectivity index (χ0v) is 16.3. The monoisotopic (exact) mass is 321 g/mol. The molecule has 0 bridgehead atoms. The molecule has 0 unspecified atom stereocenters. The second-order valence-corrected chi connectivity index (χ2v) is 4.73. The Morgan fingerprint density at radius 3 is 1.94 bits per heavy atom. The van der Waals surface area contributed by atoms with Crippen molar-refractivity contribution >= 4 is 16.8 Å². The van der Waals surface area contributed by atoms with Crippen LogP contribution < -0.4 is 58.2 Å². The molecule has 7 heteroatoms. The summed E-state index contributed by atoms with van der Waals surface area (Å²) in [7, 11) is -2.16. The number of carbonyl (C=O) groups excluding carboxylic acids is 1. The van der Waals surface area contributed by atoms with Gasteiger partial charge in [-0.15, -0.1) is 0 Å². The van der Waals surface area contributed by atoms with Crippen molar-refractivity contribution in [3.05, 3.63) is 0 Å². The Hall–Kier alpha value is 1.03. The molecule has 0 aliphatic rings. The van der Waals surface area contributed by atoms with Crippen molar-refractivity contribution in [2.75, 3.05) is 12.4 Å². The summed E-state index contributed by atoms with van der Waals surface area (Å²) in [6, 6.07) is 0.0745. The van der Waals surface area contributed by atoms with Crippen molar-refractivity contribution in [1.82, 2.24) is 4.90 Å². The smallest absolute Gasteiger partial charge is 0.451 e. The number of amides is 1. The fourth-order valence-electron chi connectivity index (χ4n) is 1.29. The first kappa shape index (κ1) is 19.4. The summed E-state index contributed by atoms with van der Waals surface area (Å²) in [5.74, 6) is -0.157. The number of carbonyl (C=O) groups is 1. The molecule has 0 saturated heterocycles. The Labute approximate surface area is 148 Å². The van der Waals surface area contributed by atoms with Crippen LogP contribution in [0.25, 0.3) is 0 Å². The molecular weight excluding hydrogens is 304 g/mol. The Morgan fingerprint density at radius 2 is 1.62 bits per heavy atom. The molecule has 0 aromatic heterocycles. The van der Waals surface area contributed by atoms with Crippen LogP contribution in [0.2, 0.25) is 0 Å². The van der Waals surface area contributed by atoms with Crippen molar-refractivity contribution in [2.24, 2.45) is 0 Å². The van der Waals surface area contributed by atoms with Gasteiger partial charge in [0.05, 0.1) is 6.61 Å². The number of hydrogen-bond donors (Lipinski definition) is 0. The molecule has 0 radical (unpaired) electrons. The van der Waals surface area contributed by atoms with E-state index >= 15 is 0 Å². The van der Waals surface area contributed by atoms with E-state index in [-0.39, 0.29) is 82.6 Å². The Kier molecular flexibility index (Phi) is 12.1. The van der Waals surface area contributed by atoms with Gasteiger partial charge in [-0.2, -0.15) is 0 Å². The van der Waals surface area contributed by atoms with Gasteiger partial charge in [0, 0.05) is 12.1 Å². The van der Waals surface area contributed by atoms with Gasteiger partial charge in [-0.1, -0.05) is 10.7 Å². The summed E-state index contributed by atoms with van der Waals surface area (Å²) < 4.78 is 25.3. The molecule has 0 aliphatic heterocycles. The molecule has 0 aromatic carbocycles. The molecule has 0 rings (SSSR count). The summed E-state index contributed by atoms with van der Waals surface area (Å²) >= 11 is 0. The minimum absolute atomic E-state index is 0. The third-order valence-electron chi connectivity index (χ3n) is 1.80. The minimum atomic E-state index is -2.16. The number of nitrogens with zero attached hydrogens (tertiary/aromatic N) is 1. The van der Waals surface area contributed by atoms with Crippen molar-refractivity contribution < 1.29 is 76.1 Å². The van der Waals surface area contributed by atoms with E-state index in [1.807, 2.05) is 27.7 Å². The van der Waals surface area contributed by atoms with E-state index in [0.717, 1.165) is 0 Å². The first-order chi connectivity index (χ1) is 6.86. The van der Waals surface area contributed by atoms with E-state index in [1.54, 1.807) is 4.90 Å². The zero-order chi connectivity index (χ0) is 12.0. The molecule has 0 fully saturated rings. The van der Waals surface area contributed by atoms with Crippen LogP contribution in [0.3, 0.4) is 0 Å². The van der Waals surface area contributed by atoms with Crippen LogP contribution in [0.1, 0.15) is 27.7 Å². The van der Waals surface area contributed by atoms with Crippen molar-refractivity contribution in [3.8, 4) is 0 Å². The van der Waals surface area contributed by atoms with Crippen LogP contribution in [0.15, 0.2) is 0 Å². The summed E-state index contributed by atoms with van der Waals surface area (Å²) in [5.41, 5.74) is 0. The maximum Gasteiger partial charge on any atom is 1.00 e. The molecule has 0 aliphatic carbocycles. The molecule has 90 valence electrons. The minimum Gasteiger partial charge on any atom is -0.451 e. The fraction of sp³-hybridized carbons (Fsp3) is 0.889. The van der Waals surface area contributed by atoms with E-state index in [4.69, 9.17) is 4.74 Å². The average Bonchev–Trinajstić information content (AvgIpc) is 2.01. The van der Waals surface area contributed by atoms with Crippen LogP contribution in [0.4, 0.5) is 4.79 Å². The van der Waals surface area contributed by atoms with Gasteiger partial charge in [0.25, 0.3) is 0 Å². The normalized spacial score (nSPS) is 10.4. The summed E-state index contributed by atoms with van der Waals surface area (Å²) in [6.07, 6.45) is -0.467. The second-order valence-electron chi connectivity index (χ2n) is 3.72. The first-order valence-corrected chi connectivity index (χ1v) is 6.11. The molecule has 0 spiro atoms. The molecule has 0 saturated carbocycles. The SMILES string of the molecule is CC(C)N(C(=O)OCC[S-](=O)=O)C(C)C.[Rb+]. The molecule has 0 aromatic rings. The third kappa shape index (κ3) is 8.17. The Morgan fingerprint density at radius 1 is 1.19 bits per heavy atom. The average molecular weight is 322 g/mol. The zero-order valence-electron chi connectivity index (χ0n) is 10.6. The topological polar surface area (TPSA) is 63.7 Å². The molecule has 0 N–H and O–H groups in total. The molecule has 0 atom stereocenters. The number of rotatable bonds is 5. The Bertz CT molecular complexity index is 263. The van der Waals surface area contributed by atoms with Crippen LogP contribution >= 0.6 is 0 Å². The second kappa shape index (κ2) is 10.00. The van der Waals surface area contributed by atoms with E-state index < -0.39 is 16.8 Å². The summed E-state index contributed by atoms with van der Waals surface area (Å²) in [5, 5.41) is 0.